The number of hydrogen-bond donors (Lipinski definition) is 2. The van der Waals surface area contributed by atoms with Gasteiger partial charge in [0.05, 0.1) is 21.9 Å². The zero-order valence-electron chi connectivity index (χ0n) is 16.9. The van der Waals surface area contributed by atoms with Crippen LogP contribution in [0.5, 0.6) is 0 Å². The molecule has 1 saturated heterocycles. The van der Waals surface area contributed by atoms with Crippen molar-refractivity contribution in [1.29, 1.82) is 0 Å². The number of nitrogens with two attached hydrogens (primary N) is 1. The molecule has 3 aromatic heterocycles. The largest absolute Gasteiger partial charge is 0.474 e. The highest BCUT2D eigenvalue weighted by Gasteiger charge is 2.30. The highest BCUT2D eigenvalue weighted by Crippen LogP contribution is 2.37. The first-order valence-corrected chi connectivity index (χ1v) is 10.9. The lowest BCUT2D eigenvalue weighted by molar-refractivity contribution is -0.156. The first-order chi connectivity index (χ1) is 15.4. The van der Waals surface area contributed by atoms with E-state index in [4.69, 9.17) is 15.8 Å². The molecule has 0 atom stereocenters. The van der Waals surface area contributed by atoms with Crippen LogP contribution in [0.4, 0.5) is 5.82 Å². The van der Waals surface area contributed by atoms with Crippen molar-refractivity contribution in [2.24, 2.45) is 0 Å². The second-order valence-electron chi connectivity index (χ2n) is 7.78. The lowest BCUT2D eigenvalue weighted by atomic mass is 9.93. The number of halogens is 1. The number of rotatable bonds is 2. The number of carbonyl (C=O) groups excluding carboxylic acids is 1. The summed E-state index contributed by atoms with van der Waals surface area (Å²) in [4.78, 5) is 33.6. The Morgan fingerprint density at radius 1 is 1.16 bits per heavy atom. The smallest absolute Gasteiger partial charge is 0.394 e. The van der Waals surface area contributed by atoms with Crippen LogP contribution in [0.2, 0.25) is 0 Å². The van der Waals surface area contributed by atoms with Crippen molar-refractivity contribution in [2.75, 3.05) is 18.8 Å². The number of pyridine rings is 1. The first-order valence-electron chi connectivity index (χ1n) is 10.1. The molecule has 0 bridgehead atoms. The molecule has 1 aliphatic heterocycles. The number of hydrogen-bond acceptors (Lipinski definition) is 6. The number of para-hydroxylation sites is 1. The second-order valence-corrected chi connectivity index (χ2v) is 8.57. The van der Waals surface area contributed by atoms with Gasteiger partial charge in [-0.3, -0.25) is 9.78 Å². The maximum atomic E-state index is 11.8. The van der Waals surface area contributed by atoms with Crippen LogP contribution in [0.1, 0.15) is 24.5 Å². The molecular formula is C22H19BrN6O3. The van der Waals surface area contributed by atoms with Crippen LogP contribution in [0.3, 0.4) is 0 Å². The van der Waals surface area contributed by atoms with E-state index in [0.717, 1.165) is 27.7 Å². The molecule has 1 fully saturated rings. The van der Waals surface area contributed by atoms with Gasteiger partial charge in [0.25, 0.3) is 0 Å². The van der Waals surface area contributed by atoms with Gasteiger partial charge in [0.2, 0.25) is 0 Å². The number of aromatic nitrogens is 4. The summed E-state index contributed by atoms with van der Waals surface area (Å²) in [6, 6.07) is 9.94. The Balaban J connectivity index is 1.53. The standard InChI is InChI=1S/C22H19BrN6O3/c23-17-18(12-5-7-28(8-6-12)21(30)22(31)32)27-20-15(11-26-29(20)19(17)24)14-9-13-3-1-2-4-16(13)25-10-14/h1-4,9-12H,5-8,24H2,(H,31,32). The molecule has 0 saturated carbocycles. The summed E-state index contributed by atoms with van der Waals surface area (Å²) in [5.41, 5.74) is 10.4. The van der Waals surface area contributed by atoms with Crippen molar-refractivity contribution < 1.29 is 14.7 Å². The maximum Gasteiger partial charge on any atom is 0.394 e. The molecule has 0 aliphatic carbocycles. The summed E-state index contributed by atoms with van der Waals surface area (Å²) >= 11 is 3.57. The van der Waals surface area contributed by atoms with E-state index in [2.05, 4.69) is 32.1 Å². The van der Waals surface area contributed by atoms with Crippen LogP contribution in [0, 0.1) is 0 Å². The third kappa shape index (κ3) is 3.36. The Kier molecular flexibility index (Phi) is 5.01. The van der Waals surface area contributed by atoms with Gasteiger partial charge < -0.3 is 15.7 Å². The first kappa shape index (κ1) is 20.4. The quantitative estimate of drug-likeness (QED) is 0.409. The minimum atomic E-state index is -1.43. The average molecular weight is 495 g/mol. The van der Waals surface area contributed by atoms with Crippen LogP contribution in [0.15, 0.2) is 47.2 Å². The van der Waals surface area contributed by atoms with Gasteiger partial charge in [-0.05, 0) is 40.9 Å². The molecule has 32 heavy (non-hydrogen) atoms. The number of fused-ring (bicyclic) bond motifs is 2. The normalized spacial score (nSPS) is 14.8. The van der Waals surface area contributed by atoms with Crippen LogP contribution < -0.4 is 5.73 Å². The van der Waals surface area contributed by atoms with E-state index >= 15 is 0 Å². The molecule has 3 N–H and O–H groups in total. The molecule has 9 nitrogen and oxygen atoms in total. The van der Waals surface area contributed by atoms with Gasteiger partial charge in [0.1, 0.15) is 5.82 Å². The Bertz CT molecular complexity index is 1380. The number of likely N-dealkylation sites (tertiary alicyclic amines) is 1. The molecule has 0 radical (unpaired) electrons. The van der Waals surface area contributed by atoms with Crippen molar-refractivity contribution in [2.45, 2.75) is 18.8 Å². The van der Waals surface area contributed by atoms with E-state index in [1.807, 2.05) is 24.3 Å². The van der Waals surface area contributed by atoms with E-state index in [1.54, 1.807) is 16.9 Å². The summed E-state index contributed by atoms with van der Waals surface area (Å²) < 4.78 is 2.26. The predicted octanol–water partition coefficient (Wildman–Crippen LogP) is 3.08. The molecule has 162 valence electrons. The SMILES string of the molecule is Nc1c(Br)c(C2CCN(C(=O)C(=O)O)CC2)nc2c(-c3cnc4ccccc4c3)cnn12. The summed E-state index contributed by atoms with van der Waals surface area (Å²) in [6.45, 7) is 0.714. The number of carboxylic acids is 1. The fourth-order valence-electron chi connectivity index (χ4n) is 4.20. The lowest BCUT2D eigenvalue weighted by Crippen LogP contribution is -2.41. The number of amides is 1. The number of carbonyl (C=O) groups is 2. The minimum Gasteiger partial charge on any atom is -0.474 e. The molecule has 1 aliphatic rings. The van der Waals surface area contributed by atoms with Gasteiger partial charge in [-0.1, -0.05) is 18.2 Å². The third-order valence-electron chi connectivity index (χ3n) is 5.90. The zero-order chi connectivity index (χ0) is 22.4. The molecule has 4 heterocycles. The zero-order valence-corrected chi connectivity index (χ0v) is 18.5. The van der Waals surface area contributed by atoms with Gasteiger partial charge in [-0.2, -0.15) is 9.61 Å². The Morgan fingerprint density at radius 2 is 1.91 bits per heavy atom. The van der Waals surface area contributed by atoms with Gasteiger partial charge in [-0.25, -0.2) is 9.78 Å². The van der Waals surface area contributed by atoms with Crippen molar-refractivity contribution >= 4 is 50.2 Å². The van der Waals surface area contributed by atoms with E-state index in [0.29, 0.717) is 41.9 Å². The molecule has 1 aromatic carbocycles. The number of benzene rings is 1. The number of nitrogens with zero attached hydrogens (tertiary/aromatic N) is 5. The summed E-state index contributed by atoms with van der Waals surface area (Å²) in [7, 11) is 0. The van der Waals surface area contributed by atoms with Crippen molar-refractivity contribution in [3.8, 4) is 11.1 Å². The van der Waals surface area contributed by atoms with Crippen molar-refractivity contribution in [3.63, 3.8) is 0 Å². The maximum absolute atomic E-state index is 11.8. The number of carboxylic acid groups (broad SMARTS) is 1. The van der Waals surface area contributed by atoms with Crippen LogP contribution in [-0.2, 0) is 9.59 Å². The van der Waals surface area contributed by atoms with E-state index in [1.165, 1.54) is 4.90 Å². The number of aliphatic carboxylic acids is 1. The summed E-state index contributed by atoms with van der Waals surface area (Å²) in [5.74, 6) is -1.82. The number of nitrogen functional groups attached to an aromatic ring is 1. The van der Waals surface area contributed by atoms with Crippen molar-refractivity contribution in [1.82, 2.24) is 24.5 Å². The fraction of sp³-hybridized carbons (Fsp3) is 0.227. The highest BCUT2D eigenvalue weighted by atomic mass is 79.9. The lowest BCUT2D eigenvalue weighted by Gasteiger charge is -2.31. The van der Waals surface area contributed by atoms with Crippen LogP contribution in [0.25, 0.3) is 27.7 Å². The number of anilines is 1. The Morgan fingerprint density at radius 3 is 2.66 bits per heavy atom. The second kappa shape index (κ2) is 7.86. The minimum absolute atomic E-state index is 0.0343. The topological polar surface area (TPSA) is 127 Å². The van der Waals surface area contributed by atoms with Crippen LogP contribution >= 0.6 is 15.9 Å². The molecule has 4 aromatic rings. The predicted molar refractivity (Wildman–Crippen MR) is 122 cm³/mol. The fourth-order valence-corrected chi connectivity index (χ4v) is 4.78. The van der Waals surface area contributed by atoms with Crippen molar-refractivity contribution in [3.05, 3.63) is 52.9 Å². The monoisotopic (exact) mass is 494 g/mol. The molecule has 5 rings (SSSR count). The molecule has 10 heteroatoms. The van der Waals surface area contributed by atoms with Gasteiger partial charge in [-0.15, -0.1) is 0 Å². The van der Waals surface area contributed by atoms with Gasteiger partial charge in [0.15, 0.2) is 5.65 Å². The molecular weight excluding hydrogens is 476 g/mol. The molecule has 0 spiro atoms. The Hall–Kier alpha value is -3.53. The molecule has 1 amide bonds. The van der Waals surface area contributed by atoms with E-state index in [9.17, 15) is 9.59 Å². The molecule has 0 unspecified atom stereocenters. The summed E-state index contributed by atoms with van der Waals surface area (Å²) in [6.07, 6.45) is 4.73. The van der Waals surface area contributed by atoms with Gasteiger partial charge in [0, 0.05) is 41.7 Å². The Labute approximate surface area is 191 Å². The average Bonchev–Trinajstić information content (AvgIpc) is 3.25. The van der Waals surface area contributed by atoms with Crippen LogP contribution in [-0.4, -0.2) is 54.6 Å². The third-order valence-corrected chi connectivity index (χ3v) is 6.71. The highest BCUT2D eigenvalue weighted by molar-refractivity contribution is 9.10. The van der Waals surface area contributed by atoms with E-state index < -0.39 is 11.9 Å². The van der Waals surface area contributed by atoms with E-state index in [-0.39, 0.29) is 5.92 Å². The number of piperidine rings is 1. The van der Waals surface area contributed by atoms with Gasteiger partial charge >= 0.3 is 11.9 Å². The summed E-state index contributed by atoms with van der Waals surface area (Å²) in [5, 5.41) is 14.4.